The molecule has 0 radical (unpaired) electrons. The van der Waals surface area contributed by atoms with Crippen molar-refractivity contribution in [3.63, 3.8) is 0 Å². The van der Waals surface area contributed by atoms with Crippen LogP contribution in [0.25, 0.3) is 0 Å². The molecule has 0 saturated carbocycles. The fourth-order valence-corrected chi connectivity index (χ4v) is 1.56. The summed E-state index contributed by atoms with van der Waals surface area (Å²) in [5.41, 5.74) is 0.803. The average molecular weight is 266 g/mol. The van der Waals surface area contributed by atoms with Gasteiger partial charge in [-0.3, -0.25) is 5.32 Å². The predicted octanol–water partition coefficient (Wildman–Crippen LogP) is 2.29. The molecule has 19 heavy (non-hydrogen) atoms. The number of amides is 1. The molecule has 1 amide bonds. The third kappa shape index (κ3) is 5.72. The highest BCUT2D eigenvalue weighted by molar-refractivity contribution is 5.84. The smallest absolute Gasteiger partial charge is 0.412 e. The third-order valence-corrected chi connectivity index (χ3v) is 2.31. The van der Waals surface area contributed by atoms with Gasteiger partial charge in [-0.2, -0.15) is 0 Å². The van der Waals surface area contributed by atoms with Gasteiger partial charge in [0.1, 0.15) is 5.60 Å². The first-order valence-corrected chi connectivity index (χ1v) is 6.24. The Balaban J connectivity index is 2.69. The number of anilines is 1. The molecule has 1 aromatic rings. The number of aliphatic hydroxyl groups is 1. The first kappa shape index (κ1) is 15.5. The van der Waals surface area contributed by atoms with Gasteiger partial charge in [0.15, 0.2) is 0 Å². The summed E-state index contributed by atoms with van der Waals surface area (Å²) in [6.07, 6.45) is -1.11. The standard InChI is InChI=1S/C14H22N2O3/c1-14(2,3)19-13(18)16-11-7-5-6-10(8-11)12(17)9-15-4/h5-8,12,15,17H,9H2,1-4H3,(H,16,18). The summed E-state index contributed by atoms with van der Waals surface area (Å²) in [4.78, 5) is 11.6. The van der Waals surface area contributed by atoms with E-state index in [4.69, 9.17) is 4.74 Å². The molecule has 0 bridgehead atoms. The molecule has 1 unspecified atom stereocenters. The SMILES string of the molecule is CNCC(O)c1cccc(NC(=O)OC(C)(C)C)c1. The van der Waals surface area contributed by atoms with Gasteiger partial charge in [-0.15, -0.1) is 0 Å². The van der Waals surface area contributed by atoms with Crippen LogP contribution in [-0.2, 0) is 4.74 Å². The van der Waals surface area contributed by atoms with Gasteiger partial charge < -0.3 is 15.2 Å². The molecule has 106 valence electrons. The molecule has 5 nitrogen and oxygen atoms in total. The van der Waals surface area contributed by atoms with Gasteiger partial charge in [-0.25, -0.2) is 4.79 Å². The number of nitrogens with one attached hydrogen (secondary N) is 2. The molecule has 0 aliphatic carbocycles. The van der Waals surface area contributed by atoms with E-state index in [1.807, 2.05) is 6.07 Å². The zero-order valence-electron chi connectivity index (χ0n) is 11.9. The van der Waals surface area contributed by atoms with Crippen LogP contribution in [0.5, 0.6) is 0 Å². The summed E-state index contributed by atoms with van der Waals surface area (Å²) in [6.45, 7) is 5.87. The van der Waals surface area contributed by atoms with Gasteiger partial charge in [0.2, 0.25) is 0 Å². The van der Waals surface area contributed by atoms with E-state index in [1.54, 1.807) is 46.0 Å². The number of likely N-dealkylation sites (N-methyl/N-ethyl adjacent to an activating group) is 1. The number of rotatable bonds is 4. The van der Waals surface area contributed by atoms with E-state index in [0.29, 0.717) is 12.2 Å². The number of carbonyl (C=O) groups is 1. The lowest BCUT2D eigenvalue weighted by Gasteiger charge is -2.20. The molecule has 0 saturated heterocycles. The molecule has 0 heterocycles. The summed E-state index contributed by atoms with van der Waals surface area (Å²) in [5.74, 6) is 0. The molecule has 1 atom stereocenters. The zero-order chi connectivity index (χ0) is 14.5. The van der Waals surface area contributed by atoms with E-state index in [9.17, 15) is 9.90 Å². The van der Waals surface area contributed by atoms with Gasteiger partial charge >= 0.3 is 6.09 Å². The van der Waals surface area contributed by atoms with E-state index in [1.165, 1.54) is 0 Å². The van der Waals surface area contributed by atoms with Crippen molar-refractivity contribution < 1.29 is 14.6 Å². The van der Waals surface area contributed by atoms with Crippen molar-refractivity contribution in [2.75, 3.05) is 18.9 Å². The first-order valence-electron chi connectivity index (χ1n) is 6.24. The second kappa shape index (κ2) is 6.54. The summed E-state index contributed by atoms with van der Waals surface area (Å²) >= 11 is 0. The lowest BCUT2D eigenvalue weighted by atomic mass is 10.1. The Bertz CT molecular complexity index is 427. The molecule has 1 rings (SSSR count). The highest BCUT2D eigenvalue weighted by atomic mass is 16.6. The van der Waals surface area contributed by atoms with Crippen LogP contribution in [0.15, 0.2) is 24.3 Å². The summed E-state index contributed by atoms with van der Waals surface area (Å²) in [7, 11) is 1.77. The van der Waals surface area contributed by atoms with Crippen LogP contribution < -0.4 is 10.6 Å². The van der Waals surface area contributed by atoms with E-state index in [0.717, 1.165) is 5.56 Å². The lowest BCUT2D eigenvalue weighted by molar-refractivity contribution is 0.0636. The highest BCUT2D eigenvalue weighted by Gasteiger charge is 2.16. The summed E-state index contributed by atoms with van der Waals surface area (Å²) in [5, 5.41) is 15.4. The van der Waals surface area contributed by atoms with Crippen molar-refractivity contribution in [3.8, 4) is 0 Å². The van der Waals surface area contributed by atoms with E-state index >= 15 is 0 Å². The molecular formula is C14H22N2O3. The van der Waals surface area contributed by atoms with Crippen LogP contribution in [-0.4, -0.2) is 30.4 Å². The van der Waals surface area contributed by atoms with Crippen molar-refractivity contribution >= 4 is 11.8 Å². The Labute approximate surface area is 114 Å². The number of carbonyl (C=O) groups excluding carboxylic acids is 1. The monoisotopic (exact) mass is 266 g/mol. The Morgan fingerprint density at radius 3 is 2.68 bits per heavy atom. The summed E-state index contributed by atoms with van der Waals surface area (Å²) < 4.78 is 5.16. The average Bonchev–Trinajstić information content (AvgIpc) is 2.27. The normalized spacial score (nSPS) is 12.9. The fourth-order valence-electron chi connectivity index (χ4n) is 1.56. The van der Waals surface area contributed by atoms with Crippen molar-refractivity contribution in [3.05, 3.63) is 29.8 Å². The van der Waals surface area contributed by atoms with Crippen LogP contribution in [0.2, 0.25) is 0 Å². The minimum absolute atomic E-state index is 0.454. The molecule has 3 N–H and O–H groups in total. The zero-order valence-corrected chi connectivity index (χ0v) is 11.9. The minimum atomic E-state index is -0.606. The second-order valence-corrected chi connectivity index (χ2v) is 5.33. The van der Waals surface area contributed by atoms with Gasteiger partial charge in [-0.05, 0) is 45.5 Å². The summed E-state index contributed by atoms with van der Waals surface area (Å²) in [6, 6.07) is 7.06. The van der Waals surface area contributed by atoms with Crippen LogP contribution in [0.1, 0.15) is 32.4 Å². The topological polar surface area (TPSA) is 70.6 Å². The number of aliphatic hydroxyl groups excluding tert-OH is 1. The third-order valence-electron chi connectivity index (χ3n) is 2.31. The van der Waals surface area contributed by atoms with Gasteiger partial charge in [0.05, 0.1) is 6.10 Å². The van der Waals surface area contributed by atoms with Crippen molar-refractivity contribution in [2.45, 2.75) is 32.5 Å². The Hall–Kier alpha value is -1.59. The van der Waals surface area contributed by atoms with E-state index in [-0.39, 0.29) is 0 Å². The van der Waals surface area contributed by atoms with Gasteiger partial charge in [-0.1, -0.05) is 12.1 Å². The number of hydrogen-bond acceptors (Lipinski definition) is 4. The van der Waals surface area contributed by atoms with E-state index < -0.39 is 17.8 Å². The second-order valence-electron chi connectivity index (χ2n) is 5.33. The maximum Gasteiger partial charge on any atom is 0.412 e. The van der Waals surface area contributed by atoms with Crippen LogP contribution >= 0.6 is 0 Å². The molecule has 1 aromatic carbocycles. The van der Waals surface area contributed by atoms with Crippen molar-refractivity contribution in [1.82, 2.24) is 5.32 Å². The predicted molar refractivity (Wildman–Crippen MR) is 75.2 cm³/mol. The number of ether oxygens (including phenoxy) is 1. The Morgan fingerprint density at radius 1 is 1.42 bits per heavy atom. The lowest BCUT2D eigenvalue weighted by Crippen LogP contribution is -2.27. The molecular weight excluding hydrogens is 244 g/mol. The van der Waals surface area contributed by atoms with Crippen LogP contribution in [0.3, 0.4) is 0 Å². The van der Waals surface area contributed by atoms with Crippen molar-refractivity contribution in [1.29, 1.82) is 0 Å². The highest BCUT2D eigenvalue weighted by Crippen LogP contribution is 2.18. The minimum Gasteiger partial charge on any atom is -0.444 e. The van der Waals surface area contributed by atoms with Crippen molar-refractivity contribution in [2.24, 2.45) is 0 Å². The Morgan fingerprint density at radius 2 is 2.11 bits per heavy atom. The number of hydrogen-bond donors (Lipinski definition) is 3. The fraction of sp³-hybridized carbons (Fsp3) is 0.500. The Kier molecular flexibility index (Phi) is 5.32. The quantitative estimate of drug-likeness (QED) is 0.782. The maximum absolute atomic E-state index is 11.6. The maximum atomic E-state index is 11.6. The first-order chi connectivity index (χ1) is 8.81. The van der Waals surface area contributed by atoms with E-state index in [2.05, 4.69) is 10.6 Å². The van der Waals surface area contributed by atoms with Gasteiger partial charge in [0.25, 0.3) is 0 Å². The molecule has 0 spiro atoms. The number of benzene rings is 1. The largest absolute Gasteiger partial charge is 0.444 e. The molecule has 5 heteroatoms. The molecule has 0 aromatic heterocycles. The van der Waals surface area contributed by atoms with Crippen LogP contribution in [0, 0.1) is 0 Å². The molecule has 0 aliphatic heterocycles. The van der Waals surface area contributed by atoms with Gasteiger partial charge in [0, 0.05) is 12.2 Å². The molecule has 0 aliphatic rings. The van der Waals surface area contributed by atoms with Crippen LogP contribution in [0.4, 0.5) is 10.5 Å². The molecule has 0 fully saturated rings.